The number of anilines is 1. The molecule has 0 fully saturated rings. The first kappa shape index (κ1) is 15.9. The molecule has 3 aromatic rings. The molecule has 0 N–H and O–H groups in total. The van der Waals surface area contributed by atoms with Crippen LogP contribution in [0.25, 0.3) is 11.5 Å². The molecule has 25 heavy (non-hydrogen) atoms. The SMILES string of the molecule is Cc1cccc(-c2nnc([C@@H](C)N3CCCc4cc(C)ccc43)o2)c1. The van der Waals surface area contributed by atoms with Crippen molar-refractivity contribution in [1.82, 2.24) is 10.2 Å². The Kier molecular flexibility index (Phi) is 4.04. The van der Waals surface area contributed by atoms with Gasteiger partial charge in [0.25, 0.3) is 0 Å². The summed E-state index contributed by atoms with van der Waals surface area (Å²) in [7, 11) is 0. The zero-order chi connectivity index (χ0) is 17.4. The summed E-state index contributed by atoms with van der Waals surface area (Å²) in [5.74, 6) is 1.26. The van der Waals surface area contributed by atoms with Gasteiger partial charge < -0.3 is 9.32 Å². The summed E-state index contributed by atoms with van der Waals surface area (Å²) in [4.78, 5) is 2.38. The second-order valence-corrected chi connectivity index (χ2v) is 6.92. The summed E-state index contributed by atoms with van der Waals surface area (Å²) in [6, 6.07) is 14.9. The smallest absolute Gasteiger partial charge is 0.247 e. The van der Waals surface area contributed by atoms with E-state index in [0.717, 1.165) is 24.9 Å². The minimum atomic E-state index is 0.0628. The van der Waals surface area contributed by atoms with Crippen molar-refractivity contribution in [2.24, 2.45) is 0 Å². The quantitative estimate of drug-likeness (QED) is 0.686. The number of rotatable bonds is 3. The maximum Gasteiger partial charge on any atom is 0.247 e. The fourth-order valence-electron chi connectivity index (χ4n) is 3.59. The van der Waals surface area contributed by atoms with E-state index >= 15 is 0 Å². The van der Waals surface area contributed by atoms with Gasteiger partial charge in [0.15, 0.2) is 0 Å². The molecule has 0 amide bonds. The number of hydrogen-bond donors (Lipinski definition) is 0. The zero-order valence-electron chi connectivity index (χ0n) is 15.0. The number of fused-ring (bicyclic) bond motifs is 1. The van der Waals surface area contributed by atoms with Crippen LogP contribution in [0.3, 0.4) is 0 Å². The standard InChI is InChI=1S/C21H23N3O/c1-14-6-4-7-18(13-14)21-23-22-20(25-21)16(3)24-11-5-8-17-12-15(2)9-10-19(17)24/h4,6-7,9-10,12-13,16H,5,8,11H2,1-3H3/t16-/m1/s1. The molecule has 1 atom stereocenters. The number of hydrogen-bond acceptors (Lipinski definition) is 4. The van der Waals surface area contributed by atoms with E-state index < -0.39 is 0 Å². The lowest BCUT2D eigenvalue weighted by Gasteiger charge is -2.34. The Morgan fingerprint density at radius 2 is 1.88 bits per heavy atom. The molecule has 0 saturated carbocycles. The third-order valence-corrected chi connectivity index (χ3v) is 4.92. The van der Waals surface area contributed by atoms with Gasteiger partial charge in [-0.05, 0) is 57.4 Å². The summed E-state index contributed by atoms with van der Waals surface area (Å²) in [6.07, 6.45) is 2.29. The van der Waals surface area contributed by atoms with Crippen molar-refractivity contribution >= 4 is 5.69 Å². The Bertz CT molecular complexity index is 900. The Morgan fingerprint density at radius 1 is 1.04 bits per heavy atom. The predicted octanol–water partition coefficient (Wildman–Crippen LogP) is 4.87. The van der Waals surface area contributed by atoms with Crippen LogP contribution < -0.4 is 4.90 Å². The van der Waals surface area contributed by atoms with Crippen LogP contribution in [-0.2, 0) is 6.42 Å². The van der Waals surface area contributed by atoms with Crippen molar-refractivity contribution in [3.63, 3.8) is 0 Å². The number of nitrogens with zero attached hydrogens (tertiary/aromatic N) is 3. The maximum atomic E-state index is 6.01. The molecule has 2 heterocycles. The molecule has 4 nitrogen and oxygen atoms in total. The van der Waals surface area contributed by atoms with E-state index in [1.54, 1.807) is 0 Å². The second kappa shape index (κ2) is 6.36. The van der Waals surface area contributed by atoms with E-state index in [9.17, 15) is 0 Å². The zero-order valence-corrected chi connectivity index (χ0v) is 15.0. The molecule has 1 aliphatic rings. The number of benzene rings is 2. The highest BCUT2D eigenvalue weighted by atomic mass is 16.4. The highest BCUT2D eigenvalue weighted by molar-refractivity contribution is 5.58. The molecule has 0 radical (unpaired) electrons. The van der Waals surface area contributed by atoms with Gasteiger partial charge in [0.05, 0.1) is 0 Å². The van der Waals surface area contributed by atoms with E-state index in [4.69, 9.17) is 4.42 Å². The second-order valence-electron chi connectivity index (χ2n) is 6.92. The van der Waals surface area contributed by atoms with Gasteiger partial charge in [-0.1, -0.05) is 35.4 Å². The largest absolute Gasteiger partial charge is 0.418 e. The molecule has 0 aliphatic carbocycles. The average molecular weight is 333 g/mol. The molecule has 2 aromatic carbocycles. The summed E-state index contributed by atoms with van der Waals surface area (Å²) in [5.41, 5.74) is 6.18. The molecule has 0 saturated heterocycles. The Balaban J connectivity index is 1.64. The fourth-order valence-corrected chi connectivity index (χ4v) is 3.59. The summed E-state index contributed by atoms with van der Waals surface area (Å²) in [5, 5.41) is 8.60. The summed E-state index contributed by atoms with van der Waals surface area (Å²) in [6.45, 7) is 7.37. The highest BCUT2D eigenvalue weighted by Gasteiger charge is 2.26. The first-order valence-electron chi connectivity index (χ1n) is 8.88. The normalized spacial score (nSPS) is 15.1. The van der Waals surface area contributed by atoms with E-state index in [1.807, 2.05) is 12.1 Å². The molecule has 0 bridgehead atoms. The molecule has 0 unspecified atom stereocenters. The van der Waals surface area contributed by atoms with E-state index in [0.29, 0.717) is 11.8 Å². The highest BCUT2D eigenvalue weighted by Crippen LogP contribution is 2.34. The Labute approximate surface area is 148 Å². The van der Waals surface area contributed by atoms with Gasteiger partial charge in [-0.25, -0.2) is 0 Å². The first-order chi connectivity index (χ1) is 12.1. The topological polar surface area (TPSA) is 42.2 Å². The van der Waals surface area contributed by atoms with Crippen molar-refractivity contribution in [2.45, 2.75) is 39.7 Å². The van der Waals surface area contributed by atoms with Gasteiger partial charge in [0.2, 0.25) is 11.8 Å². The third-order valence-electron chi connectivity index (χ3n) is 4.92. The predicted molar refractivity (Wildman–Crippen MR) is 99.7 cm³/mol. The van der Waals surface area contributed by atoms with Crippen LogP contribution in [0.1, 0.15) is 42.0 Å². The Hall–Kier alpha value is -2.62. The van der Waals surface area contributed by atoms with Crippen molar-refractivity contribution in [1.29, 1.82) is 0 Å². The Morgan fingerprint density at radius 3 is 2.72 bits per heavy atom. The number of aromatic nitrogens is 2. The monoisotopic (exact) mass is 333 g/mol. The van der Waals surface area contributed by atoms with E-state index in [1.165, 1.54) is 22.4 Å². The lowest BCUT2D eigenvalue weighted by molar-refractivity contribution is 0.449. The van der Waals surface area contributed by atoms with Gasteiger partial charge in [-0.2, -0.15) is 0 Å². The molecule has 0 spiro atoms. The van der Waals surface area contributed by atoms with Gasteiger partial charge in [0.1, 0.15) is 6.04 Å². The van der Waals surface area contributed by atoms with Crippen molar-refractivity contribution in [3.8, 4) is 11.5 Å². The van der Waals surface area contributed by atoms with Crippen LogP contribution >= 0.6 is 0 Å². The minimum absolute atomic E-state index is 0.0628. The van der Waals surface area contributed by atoms with Gasteiger partial charge >= 0.3 is 0 Å². The first-order valence-corrected chi connectivity index (χ1v) is 8.88. The van der Waals surface area contributed by atoms with Gasteiger partial charge in [-0.15, -0.1) is 10.2 Å². The van der Waals surface area contributed by atoms with E-state index in [2.05, 4.69) is 66.2 Å². The average Bonchev–Trinajstić information content (AvgIpc) is 3.10. The molecular formula is C21H23N3O. The van der Waals surface area contributed by atoms with Crippen molar-refractivity contribution in [3.05, 3.63) is 65.0 Å². The summed E-state index contributed by atoms with van der Waals surface area (Å²) >= 11 is 0. The number of aryl methyl sites for hydroxylation is 3. The third kappa shape index (κ3) is 3.04. The lowest BCUT2D eigenvalue weighted by atomic mass is 9.98. The maximum absolute atomic E-state index is 6.01. The summed E-state index contributed by atoms with van der Waals surface area (Å²) < 4.78 is 6.01. The van der Waals surface area contributed by atoms with Crippen LogP contribution in [0.2, 0.25) is 0 Å². The van der Waals surface area contributed by atoms with Gasteiger partial charge in [-0.3, -0.25) is 0 Å². The van der Waals surface area contributed by atoms with Crippen molar-refractivity contribution < 1.29 is 4.42 Å². The lowest BCUT2D eigenvalue weighted by Crippen LogP contribution is -2.32. The molecule has 1 aliphatic heterocycles. The fraction of sp³-hybridized carbons (Fsp3) is 0.333. The van der Waals surface area contributed by atoms with Crippen LogP contribution in [0.5, 0.6) is 0 Å². The minimum Gasteiger partial charge on any atom is -0.418 e. The molecule has 1 aromatic heterocycles. The molecule has 128 valence electrons. The molecule has 4 rings (SSSR count). The van der Waals surface area contributed by atoms with Crippen molar-refractivity contribution in [2.75, 3.05) is 11.4 Å². The van der Waals surface area contributed by atoms with Crippen LogP contribution in [0, 0.1) is 13.8 Å². The molecule has 4 heteroatoms. The van der Waals surface area contributed by atoms with Crippen LogP contribution in [0.15, 0.2) is 46.9 Å². The molecular weight excluding hydrogens is 310 g/mol. The van der Waals surface area contributed by atoms with Crippen LogP contribution in [-0.4, -0.2) is 16.7 Å². The van der Waals surface area contributed by atoms with Gasteiger partial charge in [0, 0.05) is 17.8 Å². The van der Waals surface area contributed by atoms with Crippen LogP contribution in [0.4, 0.5) is 5.69 Å². The van der Waals surface area contributed by atoms with E-state index in [-0.39, 0.29) is 6.04 Å².